The first kappa shape index (κ1) is 10.1. The maximum Gasteiger partial charge on any atom is 0.115 e. The largest absolute Gasteiger partial charge is 0.286 e. The Kier molecular flexibility index (Phi) is 5.87. The third-order valence-corrected chi connectivity index (χ3v) is 1.83. The number of hydrogen-bond acceptors (Lipinski definition) is 2. The van der Waals surface area contributed by atoms with Crippen molar-refractivity contribution >= 4 is 11.0 Å². The van der Waals surface area contributed by atoms with Crippen molar-refractivity contribution in [2.24, 2.45) is 0 Å². The van der Waals surface area contributed by atoms with Gasteiger partial charge in [0.25, 0.3) is 0 Å². The molecule has 0 heterocycles. The highest BCUT2D eigenvalue weighted by Crippen LogP contribution is 1.86. The monoisotopic (exact) mass is 165 g/mol. The van der Waals surface area contributed by atoms with Gasteiger partial charge in [0.2, 0.25) is 0 Å². The lowest BCUT2D eigenvalue weighted by molar-refractivity contribution is 0.0441. The van der Waals surface area contributed by atoms with Crippen LogP contribution in [0.1, 0.15) is 27.2 Å². The Balaban J connectivity index is 3.22. The van der Waals surface area contributed by atoms with Crippen LogP contribution in [0.2, 0.25) is 0 Å². The summed E-state index contributed by atoms with van der Waals surface area (Å²) in [6, 6.07) is 0. The Hall–Kier alpha value is 0.0700. The van der Waals surface area contributed by atoms with Gasteiger partial charge in [-0.05, 0) is 20.3 Å². The van der Waals surface area contributed by atoms with Gasteiger partial charge in [0.05, 0.1) is 6.10 Å². The van der Waals surface area contributed by atoms with Crippen LogP contribution in [0.5, 0.6) is 0 Å². The third-order valence-electron chi connectivity index (χ3n) is 0.766. The minimum atomic E-state index is -1.01. The molecule has 0 aliphatic heterocycles. The van der Waals surface area contributed by atoms with E-state index in [9.17, 15) is 4.21 Å². The summed E-state index contributed by atoms with van der Waals surface area (Å²) in [5.74, 6) is 0.646. The summed E-state index contributed by atoms with van der Waals surface area (Å²) in [6.07, 6.45) is 0.988. The molecule has 0 amide bonds. The summed E-state index contributed by atoms with van der Waals surface area (Å²) in [5, 5.41) is 0. The second-order valence-corrected chi connectivity index (χ2v) is 3.57. The summed E-state index contributed by atoms with van der Waals surface area (Å²) >= 11 is 0. The fraction of sp³-hybridized carbons (Fsp3) is 1.00. The molecule has 0 aliphatic rings. The second-order valence-electron chi connectivity index (χ2n) is 2.30. The Morgan fingerprint density at radius 1 is 1.60 bits per heavy atom. The predicted molar refractivity (Wildman–Crippen MR) is 42.7 cm³/mol. The molecule has 0 aromatic heterocycles. The van der Waals surface area contributed by atoms with Crippen molar-refractivity contribution in [3.63, 3.8) is 0 Å². The van der Waals surface area contributed by atoms with Crippen molar-refractivity contribution in [1.82, 2.24) is 4.89 Å². The average molecular weight is 165 g/mol. The molecule has 0 saturated heterocycles. The fourth-order valence-electron chi connectivity index (χ4n) is 0.377. The topological polar surface area (TPSA) is 38.3 Å². The van der Waals surface area contributed by atoms with Crippen LogP contribution < -0.4 is 4.89 Å². The van der Waals surface area contributed by atoms with Crippen molar-refractivity contribution in [3.8, 4) is 0 Å². The van der Waals surface area contributed by atoms with E-state index in [1.165, 1.54) is 0 Å². The van der Waals surface area contributed by atoms with Crippen LogP contribution in [0.25, 0.3) is 0 Å². The van der Waals surface area contributed by atoms with Gasteiger partial charge >= 0.3 is 0 Å². The summed E-state index contributed by atoms with van der Waals surface area (Å²) in [5.41, 5.74) is 0. The van der Waals surface area contributed by atoms with E-state index in [0.29, 0.717) is 5.75 Å². The summed E-state index contributed by atoms with van der Waals surface area (Å²) in [6.45, 7) is 5.75. The van der Waals surface area contributed by atoms with Crippen molar-refractivity contribution in [2.75, 3.05) is 5.75 Å². The second kappa shape index (κ2) is 5.82. The molecule has 0 saturated carbocycles. The number of rotatable bonds is 5. The molecule has 1 atom stereocenters. The van der Waals surface area contributed by atoms with Crippen molar-refractivity contribution in [1.29, 1.82) is 0 Å². The van der Waals surface area contributed by atoms with Crippen molar-refractivity contribution in [2.45, 2.75) is 33.3 Å². The quantitative estimate of drug-likeness (QED) is 0.617. The van der Waals surface area contributed by atoms with E-state index in [2.05, 4.69) is 4.89 Å². The molecule has 0 aliphatic carbocycles. The van der Waals surface area contributed by atoms with Gasteiger partial charge in [0.15, 0.2) is 0 Å². The zero-order chi connectivity index (χ0) is 7.98. The molecule has 4 heteroatoms. The van der Waals surface area contributed by atoms with Crippen molar-refractivity contribution in [3.05, 3.63) is 0 Å². The summed E-state index contributed by atoms with van der Waals surface area (Å²) in [7, 11) is -1.01. The minimum absolute atomic E-state index is 0.0841. The van der Waals surface area contributed by atoms with E-state index < -0.39 is 11.0 Å². The zero-order valence-electron chi connectivity index (χ0n) is 6.72. The molecular weight excluding hydrogens is 150 g/mol. The SMILES string of the molecule is CCCS(=O)NOC(C)C. The van der Waals surface area contributed by atoms with Gasteiger partial charge in [-0.3, -0.25) is 4.84 Å². The molecular formula is C6H15NO2S. The van der Waals surface area contributed by atoms with Gasteiger partial charge in [0.1, 0.15) is 11.0 Å². The predicted octanol–water partition coefficient (Wildman–Crippen LogP) is 0.990. The molecule has 10 heavy (non-hydrogen) atoms. The normalized spacial score (nSPS) is 14.0. The van der Waals surface area contributed by atoms with E-state index in [1.807, 2.05) is 20.8 Å². The highest BCUT2D eigenvalue weighted by Gasteiger charge is 1.97. The molecule has 1 unspecified atom stereocenters. The van der Waals surface area contributed by atoms with Gasteiger partial charge < -0.3 is 0 Å². The van der Waals surface area contributed by atoms with E-state index >= 15 is 0 Å². The van der Waals surface area contributed by atoms with E-state index in [-0.39, 0.29) is 6.10 Å². The summed E-state index contributed by atoms with van der Waals surface area (Å²) in [4.78, 5) is 7.36. The van der Waals surface area contributed by atoms with Crippen LogP contribution >= 0.6 is 0 Å². The minimum Gasteiger partial charge on any atom is -0.286 e. The van der Waals surface area contributed by atoms with Gasteiger partial charge in [0, 0.05) is 5.75 Å². The third kappa shape index (κ3) is 6.19. The standard InChI is InChI=1S/C6H15NO2S/c1-4-5-10(8)7-9-6(2)3/h6-7H,4-5H2,1-3H3. The Labute approximate surface area is 64.7 Å². The molecule has 0 aromatic carbocycles. The number of hydrogen-bond donors (Lipinski definition) is 1. The Bertz CT molecular complexity index is 106. The molecule has 0 fully saturated rings. The maximum absolute atomic E-state index is 10.8. The maximum atomic E-state index is 10.8. The molecule has 0 radical (unpaired) electrons. The lowest BCUT2D eigenvalue weighted by Gasteiger charge is -2.06. The van der Waals surface area contributed by atoms with Gasteiger partial charge in [-0.1, -0.05) is 6.92 Å². The number of nitrogens with one attached hydrogen (secondary N) is 1. The lowest BCUT2D eigenvalue weighted by atomic mass is 10.5. The van der Waals surface area contributed by atoms with Crippen LogP contribution in [0.4, 0.5) is 0 Å². The zero-order valence-corrected chi connectivity index (χ0v) is 7.53. The smallest absolute Gasteiger partial charge is 0.115 e. The van der Waals surface area contributed by atoms with Crippen LogP contribution in [-0.4, -0.2) is 16.1 Å². The Morgan fingerprint density at radius 2 is 2.20 bits per heavy atom. The van der Waals surface area contributed by atoms with Gasteiger partial charge in [-0.15, -0.1) is 4.89 Å². The molecule has 62 valence electrons. The summed E-state index contributed by atoms with van der Waals surface area (Å²) < 4.78 is 10.8. The van der Waals surface area contributed by atoms with Crippen LogP contribution in [0.3, 0.4) is 0 Å². The highest BCUT2D eigenvalue weighted by atomic mass is 32.2. The van der Waals surface area contributed by atoms with Crippen LogP contribution in [0, 0.1) is 0 Å². The van der Waals surface area contributed by atoms with Gasteiger partial charge in [-0.25, -0.2) is 4.21 Å². The molecule has 3 nitrogen and oxygen atoms in total. The van der Waals surface area contributed by atoms with Crippen molar-refractivity contribution < 1.29 is 9.05 Å². The molecule has 0 bridgehead atoms. The Morgan fingerprint density at radius 3 is 2.60 bits per heavy atom. The first-order valence-electron chi connectivity index (χ1n) is 3.46. The van der Waals surface area contributed by atoms with E-state index in [4.69, 9.17) is 4.84 Å². The van der Waals surface area contributed by atoms with E-state index in [0.717, 1.165) is 6.42 Å². The molecule has 0 spiro atoms. The lowest BCUT2D eigenvalue weighted by Crippen LogP contribution is -2.23. The fourth-order valence-corrected chi connectivity index (χ4v) is 1.13. The first-order chi connectivity index (χ1) is 4.66. The molecule has 1 N–H and O–H groups in total. The highest BCUT2D eigenvalue weighted by molar-refractivity contribution is 7.82. The van der Waals surface area contributed by atoms with E-state index in [1.54, 1.807) is 0 Å². The molecule has 0 aromatic rings. The average Bonchev–Trinajstić information content (AvgIpc) is 1.85. The first-order valence-corrected chi connectivity index (χ1v) is 4.78. The van der Waals surface area contributed by atoms with Crippen LogP contribution in [0.15, 0.2) is 0 Å². The van der Waals surface area contributed by atoms with Crippen LogP contribution in [-0.2, 0) is 15.8 Å². The molecule has 0 rings (SSSR count). The van der Waals surface area contributed by atoms with Gasteiger partial charge in [-0.2, -0.15) is 0 Å².